The van der Waals surface area contributed by atoms with Crippen molar-refractivity contribution in [1.29, 1.82) is 0 Å². The molecule has 40 heavy (non-hydrogen) atoms. The maximum absolute atomic E-state index is 13.8. The van der Waals surface area contributed by atoms with E-state index in [1.165, 1.54) is 0 Å². The van der Waals surface area contributed by atoms with Gasteiger partial charge in [-0.3, -0.25) is 19.7 Å². The lowest BCUT2D eigenvalue weighted by Crippen LogP contribution is -2.61. The van der Waals surface area contributed by atoms with Gasteiger partial charge in [0.25, 0.3) is 11.2 Å². The SMILES string of the molecule is COc1ccc(CCNC(=O)[C@@H]2Cc3cc([N+](=O)[O-])ccc3N3C[C@H]4C[C@@H](Cn5c4cccc5=O)[C@@H]23)cc1OC. The molecular weight excluding hydrogens is 512 g/mol. The number of benzene rings is 2. The molecule has 0 unspecified atom stereocenters. The normalized spacial score (nSPS) is 22.4. The molecule has 0 saturated carbocycles. The van der Waals surface area contributed by atoms with E-state index in [9.17, 15) is 19.7 Å². The van der Waals surface area contributed by atoms with E-state index in [0.717, 1.165) is 28.9 Å². The Kier molecular flexibility index (Phi) is 6.69. The topological polar surface area (TPSA) is 116 Å². The van der Waals surface area contributed by atoms with Gasteiger partial charge in [0.15, 0.2) is 11.5 Å². The first kappa shape index (κ1) is 25.9. The molecule has 1 fully saturated rings. The van der Waals surface area contributed by atoms with Gasteiger partial charge in [-0.1, -0.05) is 12.1 Å². The van der Waals surface area contributed by atoms with Crippen LogP contribution in [0.2, 0.25) is 0 Å². The third kappa shape index (κ3) is 4.47. The highest BCUT2D eigenvalue weighted by atomic mass is 16.6. The minimum Gasteiger partial charge on any atom is -0.493 e. The molecule has 0 radical (unpaired) electrons. The molecule has 3 aromatic rings. The van der Waals surface area contributed by atoms with Crippen LogP contribution in [0, 0.1) is 22.0 Å². The van der Waals surface area contributed by atoms with Crippen LogP contribution in [0.15, 0.2) is 59.4 Å². The van der Waals surface area contributed by atoms with Crippen molar-refractivity contribution in [2.45, 2.75) is 37.8 Å². The zero-order valence-electron chi connectivity index (χ0n) is 22.5. The van der Waals surface area contributed by atoms with Crippen LogP contribution in [-0.4, -0.2) is 48.7 Å². The number of nitrogens with one attached hydrogen (secondary N) is 1. The number of hydrogen-bond acceptors (Lipinski definition) is 7. The molecule has 4 atom stereocenters. The average Bonchev–Trinajstić information content (AvgIpc) is 2.96. The first-order valence-corrected chi connectivity index (χ1v) is 13.6. The lowest BCUT2D eigenvalue weighted by molar-refractivity contribution is -0.384. The molecule has 1 saturated heterocycles. The summed E-state index contributed by atoms with van der Waals surface area (Å²) in [4.78, 5) is 39.9. The highest BCUT2D eigenvalue weighted by Gasteiger charge is 2.49. The minimum absolute atomic E-state index is 0.0107. The van der Waals surface area contributed by atoms with Gasteiger partial charge in [0, 0.05) is 61.2 Å². The standard InChI is InChI=1S/C30H32N4O6/c1-39-26-9-6-18(12-27(26)40-2)10-11-31-30(36)23-15-19-14-22(34(37)38)7-8-25(19)33-16-20-13-21(29(23)33)17-32-24(20)4-3-5-28(32)35/h3-9,12,14,20-21,23,29H,10-11,13,15-17H2,1-2H3,(H,31,36)/t20-,21+,23-,29+/m1/s1. The van der Waals surface area contributed by atoms with Crippen LogP contribution in [0.4, 0.5) is 11.4 Å². The van der Waals surface area contributed by atoms with Gasteiger partial charge < -0.3 is 24.3 Å². The number of fused-ring (bicyclic) bond motifs is 8. The molecule has 3 aliphatic rings. The number of amides is 1. The Morgan fingerprint density at radius 1 is 1.07 bits per heavy atom. The first-order chi connectivity index (χ1) is 19.4. The number of piperidine rings is 1. The predicted molar refractivity (Wildman–Crippen MR) is 149 cm³/mol. The van der Waals surface area contributed by atoms with Crippen LogP contribution < -0.4 is 25.2 Å². The van der Waals surface area contributed by atoms with E-state index in [0.29, 0.717) is 44.0 Å². The van der Waals surface area contributed by atoms with E-state index in [4.69, 9.17) is 9.47 Å². The van der Waals surface area contributed by atoms with Crippen molar-refractivity contribution in [3.05, 3.63) is 91.9 Å². The second-order valence-corrected chi connectivity index (χ2v) is 10.8. The Morgan fingerprint density at radius 2 is 1.90 bits per heavy atom. The van der Waals surface area contributed by atoms with E-state index in [1.54, 1.807) is 32.4 Å². The van der Waals surface area contributed by atoms with Gasteiger partial charge in [0.2, 0.25) is 5.91 Å². The fraction of sp³-hybridized carbons (Fsp3) is 0.400. The van der Waals surface area contributed by atoms with Gasteiger partial charge in [-0.15, -0.1) is 0 Å². The van der Waals surface area contributed by atoms with Crippen molar-refractivity contribution in [1.82, 2.24) is 9.88 Å². The smallest absolute Gasteiger partial charge is 0.269 e. The van der Waals surface area contributed by atoms with Gasteiger partial charge >= 0.3 is 0 Å². The number of anilines is 1. The van der Waals surface area contributed by atoms with E-state index in [1.807, 2.05) is 41.0 Å². The molecule has 0 aliphatic carbocycles. The van der Waals surface area contributed by atoms with Gasteiger partial charge in [-0.2, -0.15) is 0 Å². The number of pyridine rings is 1. The molecule has 3 aliphatic heterocycles. The third-order valence-electron chi connectivity index (χ3n) is 8.70. The summed E-state index contributed by atoms with van der Waals surface area (Å²) in [5.41, 5.74) is 3.81. The van der Waals surface area contributed by atoms with Crippen LogP contribution in [0.5, 0.6) is 11.5 Å². The monoisotopic (exact) mass is 544 g/mol. The number of methoxy groups -OCH3 is 2. The van der Waals surface area contributed by atoms with Crippen molar-refractivity contribution in [3.63, 3.8) is 0 Å². The molecule has 4 heterocycles. The average molecular weight is 545 g/mol. The summed E-state index contributed by atoms with van der Waals surface area (Å²) in [6.45, 7) is 1.66. The molecule has 10 nitrogen and oxygen atoms in total. The lowest BCUT2D eigenvalue weighted by atomic mass is 9.70. The number of carbonyl (C=O) groups excluding carboxylic acids is 1. The number of hydrogen-bond donors (Lipinski definition) is 1. The summed E-state index contributed by atoms with van der Waals surface area (Å²) < 4.78 is 12.6. The maximum Gasteiger partial charge on any atom is 0.269 e. The molecule has 208 valence electrons. The first-order valence-electron chi connectivity index (χ1n) is 13.6. The van der Waals surface area contributed by atoms with Crippen molar-refractivity contribution >= 4 is 17.3 Å². The highest BCUT2D eigenvalue weighted by molar-refractivity contribution is 5.82. The van der Waals surface area contributed by atoms with Crippen molar-refractivity contribution < 1.29 is 19.2 Å². The van der Waals surface area contributed by atoms with E-state index in [2.05, 4.69) is 10.2 Å². The fourth-order valence-electron chi connectivity index (χ4n) is 6.95. The van der Waals surface area contributed by atoms with Crippen LogP contribution in [-0.2, 0) is 24.2 Å². The van der Waals surface area contributed by atoms with Gasteiger partial charge in [0.1, 0.15) is 0 Å². The Labute approximate surface area is 231 Å². The summed E-state index contributed by atoms with van der Waals surface area (Å²) in [6, 6.07) is 16.0. The quantitative estimate of drug-likeness (QED) is 0.358. The number of nitro groups is 1. The molecule has 2 aromatic carbocycles. The van der Waals surface area contributed by atoms with Crippen LogP contribution in [0.3, 0.4) is 0 Å². The summed E-state index contributed by atoms with van der Waals surface area (Å²) in [6.07, 6.45) is 1.93. The second-order valence-electron chi connectivity index (χ2n) is 10.8. The summed E-state index contributed by atoms with van der Waals surface area (Å²) in [5, 5.41) is 14.7. The highest BCUT2D eigenvalue weighted by Crippen LogP contribution is 2.47. The molecule has 6 rings (SSSR count). The van der Waals surface area contributed by atoms with Crippen LogP contribution >= 0.6 is 0 Å². The zero-order valence-corrected chi connectivity index (χ0v) is 22.5. The number of non-ortho nitro benzene ring substituents is 1. The number of ether oxygens (including phenoxy) is 2. The van der Waals surface area contributed by atoms with Crippen LogP contribution in [0.1, 0.15) is 29.2 Å². The molecule has 2 bridgehead atoms. The molecule has 1 amide bonds. The summed E-state index contributed by atoms with van der Waals surface area (Å²) in [5.74, 6) is 1.07. The van der Waals surface area contributed by atoms with Crippen LogP contribution in [0.25, 0.3) is 0 Å². The van der Waals surface area contributed by atoms with E-state index in [-0.39, 0.29) is 35.0 Å². The van der Waals surface area contributed by atoms with Crippen molar-refractivity contribution in [2.24, 2.45) is 11.8 Å². The number of carbonyl (C=O) groups is 1. The third-order valence-corrected chi connectivity index (χ3v) is 8.70. The van der Waals surface area contributed by atoms with Gasteiger partial charge in [0.05, 0.1) is 25.1 Å². The number of nitro benzene ring substituents is 1. The Morgan fingerprint density at radius 3 is 2.67 bits per heavy atom. The maximum atomic E-state index is 13.8. The second kappa shape index (κ2) is 10.3. The van der Waals surface area contributed by atoms with Crippen molar-refractivity contribution in [2.75, 3.05) is 32.2 Å². The Hall–Kier alpha value is -4.34. The molecule has 1 N–H and O–H groups in total. The Bertz CT molecular complexity index is 1530. The predicted octanol–water partition coefficient (Wildman–Crippen LogP) is 3.30. The Balaban J connectivity index is 1.28. The fourth-order valence-corrected chi connectivity index (χ4v) is 6.95. The summed E-state index contributed by atoms with van der Waals surface area (Å²) >= 11 is 0. The molecule has 10 heteroatoms. The van der Waals surface area contributed by atoms with Crippen molar-refractivity contribution in [3.8, 4) is 11.5 Å². The summed E-state index contributed by atoms with van der Waals surface area (Å²) in [7, 11) is 3.18. The van der Waals surface area contributed by atoms with Gasteiger partial charge in [-0.05, 0) is 60.6 Å². The minimum atomic E-state index is -0.396. The number of aromatic nitrogens is 1. The molecule has 0 spiro atoms. The van der Waals surface area contributed by atoms with Gasteiger partial charge in [-0.25, -0.2) is 0 Å². The molecular formula is C30H32N4O6. The van der Waals surface area contributed by atoms with E-state index < -0.39 is 10.8 Å². The lowest BCUT2D eigenvalue weighted by Gasteiger charge is -2.54. The molecule has 1 aromatic heterocycles. The largest absolute Gasteiger partial charge is 0.493 e. The number of nitrogens with zero attached hydrogens (tertiary/aromatic N) is 3. The van der Waals surface area contributed by atoms with E-state index >= 15 is 0 Å². The number of rotatable bonds is 7. The zero-order chi connectivity index (χ0) is 28.0.